The van der Waals surface area contributed by atoms with Crippen molar-refractivity contribution in [3.05, 3.63) is 53.6 Å². The van der Waals surface area contributed by atoms with E-state index in [9.17, 15) is 5.11 Å². The summed E-state index contributed by atoms with van der Waals surface area (Å²) >= 11 is 0. The fourth-order valence-electron chi connectivity index (χ4n) is 3.56. The molecule has 1 fully saturated rings. The first kappa shape index (κ1) is 20.5. The molecule has 0 spiro atoms. The number of phenolic OH excluding ortho intramolecular Hbond substituents is 1. The molecule has 0 bridgehead atoms. The molecule has 0 atom stereocenters. The summed E-state index contributed by atoms with van der Waals surface area (Å²) in [5.74, 6) is 1.97. The van der Waals surface area contributed by atoms with Crippen LogP contribution < -0.4 is 9.47 Å². The van der Waals surface area contributed by atoms with Gasteiger partial charge in [0.2, 0.25) is 0 Å². The topological polar surface area (TPSA) is 45.2 Å². The average molecular weight is 385 g/mol. The maximum Gasteiger partial charge on any atom is 0.123 e. The monoisotopic (exact) mass is 384 g/mol. The molecule has 2 aromatic carbocycles. The number of nitrogens with zero attached hydrogens (tertiary/aromatic N) is 2. The van der Waals surface area contributed by atoms with Gasteiger partial charge in [0.15, 0.2) is 0 Å². The summed E-state index contributed by atoms with van der Waals surface area (Å²) in [4.78, 5) is 4.93. The minimum absolute atomic E-state index is 0.327. The van der Waals surface area contributed by atoms with Gasteiger partial charge in [-0.25, -0.2) is 0 Å². The van der Waals surface area contributed by atoms with E-state index in [0.717, 1.165) is 69.2 Å². The van der Waals surface area contributed by atoms with Gasteiger partial charge in [0, 0.05) is 37.8 Å². The highest BCUT2D eigenvalue weighted by atomic mass is 16.5. The molecule has 0 aliphatic carbocycles. The van der Waals surface area contributed by atoms with E-state index < -0.39 is 0 Å². The Labute approximate surface area is 168 Å². The van der Waals surface area contributed by atoms with Gasteiger partial charge in [-0.2, -0.15) is 0 Å². The minimum Gasteiger partial charge on any atom is -0.507 e. The van der Waals surface area contributed by atoms with Crippen LogP contribution in [0.5, 0.6) is 17.2 Å². The Hall–Kier alpha value is -2.24. The Morgan fingerprint density at radius 3 is 2.21 bits per heavy atom. The van der Waals surface area contributed by atoms with Gasteiger partial charge in [0.25, 0.3) is 0 Å². The lowest BCUT2D eigenvalue weighted by Crippen LogP contribution is -2.30. The minimum atomic E-state index is 0.327. The number of ether oxygens (including phenoxy) is 2. The molecule has 1 aliphatic rings. The number of hydrogen-bond acceptors (Lipinski definition) is 5. The van der Waals surface area contributed by atoms with Crippen LogP contribution in [0, 0.1) is 0 Å². The average Bonchev–Trinajstić information content (AvgIpc) is 2.94. The molecule has 1 aliphatic heterocycles. The highest BCUT2D eigenvalue weighted by Crippen LogP contribution is 2.25. The van der Waals surface area contributed by atoms with Crippen LogP contribution in [-0.2, 0) is 13.1 Å². The van der Waals surface area contributed by atoms with Crippen LogP contribution in [0.25, 0.3) is 0 Å². The van der Waals surface area contributed by atoms with Crippen molar-refractivity contribution < 1.29 is 14.6 Å². The van der Waals surface area contributed by atoms with Crippen LogP contribution in [0.3, 0.4) is 0 Å². The van der Waals surface area contributed by atoms with Gasteiger partial charge in [-0.15, -0.1) is 0 Å². The number of methoxy groups -OCH3 is 1. The standard InChI is InChI=1S/C23H32N2O3/c1-3-15-28-22-10-7-20(23(26)16-22)18-25-12-4-11-24(13-14-25)17-19-5-8-21(27-2)9-6-19/h5-10,16,26H,3-4,11-15,17-18H2,1-2H3. The van der Waals surface area contributed by atoms with E-state index in [-0.39, 0.29) is 0 Å². The van der Waals surface area contributed by atoms with Crippen LogP contribution in [0.4, 0.5) is 0 Å². The Balaban J connectivity index is 1.52. The van der Waals surface area contributed by atoms with E-state index >= 15 is 0 Å². The number of phenols is 1. The summed E-state index contributed by atoms with van der Waals surface area (Å²) < 4.78 is 10.8. The molecule has 5 nitrogen and oxygen atoms in total. The van der Waals surface area contributed by atoms with Gasteiger partial charge < -0.3 is 14.6 Å². The third kappa shape index (κ3) is 5.88. The van der Waals surface area contributed by atoms with E-state index in [1.807, 2.05) is 24.3 Å². The zero-order valence-corrected chi connectivity index (χ0v) is 17.1. The van der Waals surface area contributed by atoms with Crippen molar-refractivity contribution in [3.8, 4) is 17.2 Å². The van der Waals surface area contributed by atoms with Crippen LogP contribution in [0.15, 0.2) is 42.5 Å². The number of benzene rings is 2. The zero-order chi connectivity index (χ0) is 19.8. The number of hydrogen-bond donors (Lipinski definition) is 1. The molecule has 1 heterocycles. The molecule has 5 heteroatoms. The van der Waals surface area contributed by atoms with Crippen molar-refractivity contribution in [3.63, 3.8) is 0 Å². The second kappa shape index (κ2) is 10.3. The van der Waals surface area contributed by atoms with Gasteiger partial charge in [0.1, 0.15) is 17.2 Å². The Kier molecular flexibility index (Phi) is 7.57. The summed E-state index contributed by atoms with van der Waals surface area (Å²) in [5.41, 5.74) is 2.28. The second-order valence-corrected chi connectivity index (χ2v) is 7.39. The Morgan fingerprint density at radius 1 is 0.893 bits per heavy atom. The van der Waals surface area contributed by atoms with Crippen molar-refractivity contribution >= 4 is 0 Å². The second-order valence-electron chi connectivity index (χ2n) is 7.39. The van der Waals surface area contributed by atoms with Gasteiger partial charge in [0.05, 0.1) is 13.7 Å². The van der Waals surface area contributed by atoms with Crippen LogP contribution in [0.1, 0.15) is 30.9 Å². The molecule has 2 aromatic rings. The highest BCUT2D eigenvalue weighted by Gasteiger charge is 2.16. The Morgan fingerprint density at radius 2 is 1.57 bits per heavy atom. The summed E-state index contributed by atoms with van der Waals surface area (Å²) in [5, 5.41) is 10.4. The summed E-state index contributed by atoms with van der Waals surface area (Å²) in [6, 6.07) is 14.0. The number of rotatable bonds is 8. The predicted octanol–water partition coefficient (Wildman–Crippen LogP) is 3.90. The first-order valence-corrected chi connectivity index (χ1v) is 10.2. The molecule has 0 saturated carbocycles. The van der Waals surface area contributed by atoms with E-state index in [2.05, 4.69) is 28.9 Å². The smallest absolute Gasteiger partial charge is 0.123 e. The van der Waals surface area contributed by atoms with E-state index in [4.69, 9.17) is 9.47 Å². The lowest BCUT2D eigenvalue weighted by Gasteiger charge is -2.22. The Bertz CT molecular complexity index is 733. The lowest BCUT2D eigenvalue weighted by atomic mass is 10.1. The molecule has 152 valence electrons. The van der Waals surface area contributed by atoms with Crippen LogP contribution >= 0.6 is 0 Å². The SMILES string of the molecule is CCCOc1ccc(CN2CCCN(Cc3ccc(OC)cc3)CC2)c(O)c1. The van der Waals surface area contributed by atoms with Crippen molar-refractivity contribution in [1.82, 2.24) is 9.80 Å². The van der Waals surface area contributed by atoms with E-state index in [1.165, 1.54) is 5.56 Å². The quantitative estimate of drug-likeness (QED) is 0.748. The number of aromatic hydroxyl groups is 1. The predicted molar refractivity (Wildman–Crippen MR) is 112 cm³/mol. The molecule has 0 radical (unpaired) electrons. The van der Waals surface area contributed by atoms with Gasteiger partial charge in [-0.3, -0.25) is 9.80 Å². The molecular weight excluding hydrogens is 352 g/mol. The van der Waals surface area contributed by atoms with Gasteiger partial charge in [-0.1, -0.05) is 25.1 Å². The molecule has 3 rings (SSSR count). The maximum absolute atomic E-state index is 10.4. The summed E-state index contributed by atoms with van der Waals surface area (Å²) in [6.45, 7) is 8.67. The fraction of sp³-hybridized carbons (Fsp3) is 0.478. The first-order chi connectivity index (χ1) is 13.7. The van der Waals surface area contributed by atoms with Crippen molar-refractivity contribution in [2.24, 2.45) is 0 Å². The zero-order valence-electron chi connectivity index (χ0n) is 17.1. The van der Waals surface area contributed by atoms with E-state index in [1.54, 1.807) is 13.2 Å². The van der Waals surface area contributed by atoms with Gasteiger partial charge >= 0.3 is 0 Å². The third-order valence-corrected chi connectivity index (χ3v) is 5.17. The first-order valence-electron chi connectivity index (χ1n) is 10.2. The summed E-state index contributed by atoms with van der Waals surface area (Å²) in [6.07, 6.45) is 2.10. The maximum atomic E-state index is 10.4. The van der Waals surface area contributed by atoms with Crippen LogP contribution in [0.2, 0.25) is 0 Å². The summed E-state index contributed by atoms with van der Waals surface area (Å²) in [7, 11) is 1.70. The highest BCUT2D eigenvalue weighted by molar-refractivity contribution is 5.39. The largest absolute Gasteiger partial charge is 0.507 e. The van der Waals surface area contributed by atoms with E-state index in [0.29, 0.717) is 12.4 Å². The fourth-order valence-corrected chi connectivity index (χ4v) is 3.56. The van der Waals surface area contributed by atoms with Crippen molar-refractivity contribution in [2.75, 3.05) is 39.9 Å². The molecular formula is C23H32N2O3. The molecule has 0 unspecified atom stereocenters. The van der Waals surface area contributed by atoms with Gasteiger partial charge in [-0.05, 0) is 49.7 Å². The normalized spacial score (nSPS) is 15.9. The lowest BCUT2D eigenvalue weighted by molar-refractivity contribution is 0.245. The van der Waals surface area contributed by atoms with Crippen LogP contribution in [-0.4, -0.2) is 54.8 Å². The van der Waals surface area contributed by atoms with Crippen molar-refractivity contribution in [1.29, 1.82) is 0 Å². The van der Waals surface area contributed by atoms with Crippen molar-refractivity contribution in [2.45, 2.75) is 32.9 Å². The molecule has 0 amide bonds. The molecule has 1 saturated heterocycles. The molecule has 0 aromatic heterocycles. The molecule has 28 heavy (non-hydrogen) atoms. The third-order valence-electron chi connectivity index (χ3n) is 5.17. The molecule has 1 N–H and O–H groups in total.